The molecule has 0 heterocycles. The van der Waals surface area contributed by atoms with Gasteiger partial charge in [-0.2, -0.15) is 0 Å². The van der Waals surface area contributed by atoms with Crippen molar-refractivity contribution in [1.29, 1.82) is 0 Å². The summed E-state index contributed by atoms with van der Waals surface area (Å²) in [6, 6.07) is 0. The second kappa shape index (κ2) is 9.39. The average Bonchev–Trinajstić information content (AvgIpc) is 2.31. The fourth-order valence-corrected chi connectivity index (χ4v) is 1.23. The van der Waals surface area contributed by atoms with Gasteiger partial charge in [0.1, 0.15) is 5.54 Å². The third-order valence-corrected chi connectivity index (χ3v) is 2.35. The molecule has 0 aromatic carbocycles. The Labute approximate surface area is 103 Å². The third-order valence-electron chi connectivity index (χ3n) is 2.35. The van der Waals surface area contributed by atoms with Crippen molar-refractivity contribution in [1.82, 2.24) is 5.32 Å². The number of hydrogen-bond acceptors (Lipinski definition) is 4. The minimum Gasteiger partial charge on any atom is -0.480 e. The predicted molar refractivity (Wildman–Crippen MR) is 66.3 cm³/mol. The smallest absolute Gasteiger partial charge is 0.326 e. The molecule has 0 aliphatic carbocycles. The molecule has 0 aromatic heterocycles. The molecule has 0 aliphatic rings. The molecule has 2 N–H and O–H groups in total. The van der Waals surface area contributed by atoms with Crippen molar-refractivity contribution >= 4 is 5.97 Å². The van der Waals surface area contributed by atoms with E-state index in [-0.39, 0.29) is 6.61 Å². The van der Waals surface area contributed by atoms with E-state index in [4.69, 9.17) is 14.6 Å². The van der Waals surface area contributed by atoms with E-state index in [1.165, 1.54) is 0 Å². The molecule has 0 saturated heterocycles. The van der Waals surface area contributed by atoms with Crippen LogP contribution in [0, 0.1) is 0 Å². The van der Waals surface area contributed by atoms with Gasteiger partial charge in [-0.1, -0.05) is 13.8 Å². The number of rotatable bonds is 11. The summed E-state index contributed by atoms with van der Waals surface area (Å²) in [5, 5.41) is 12.1. The van der Waals surface area contributed by atoms with Gasteiger partial charge in [-0.05, 0) is 26.3 Å². The van der Waals surface area contributed by atoms with E-state index in [9.17, 15) is 4.79 Å². The molecule has 1 unspecified atom stereocenters. The fourth-order valence-electron chi connectivity index (χ4n) is 1.23. The lowest BCUT2D eigenvalue weighted by Gasteiger charge is -2.25. The first-order chi connectivity index (χ1) is 8.06. The minimum absolute atomic E-state index is 0.151. The highest BCUT2D eigenvalue weighted by Gasteiger charge is 2.32. The Morgan fingerprint density at radius 2 is 1.82 bits per heavy atom. The minimum atomic E-state index is -1.01. The summed E-state index contributed by atoms with van der Waals surface area (Å²) in [7, 11) is 0. The van der Waals surface area contributed by atoms with E-state index < -0.39 is 11.5 Å². The van der Waals surface area contributed by atoms with E-state index >= 15 is 0 Å². The lowest BCUT2D eigenvalue weighted by molar-refractivity contribution is -0.147. The zero-order valence-electron chi connectivity index (χ0n) is 11.1. The number of carbonyl (C=O) groups is 1. The summed E-state index contributed by atoms with van der Waals surface area (Å²) in [4.78, 5) is 11.1. The van der Waals surface area contributed by atoms with Crippen LogP contribution in [0.3, 0.4) is 0 Å². The second-order valence-corrected chi connectivity index (χ2v) is 4.23. The number of aliphatic carboxylic acids is 1. The van der Waals surface area contributed by atoms with Crippen LogP contribution in [0.25, 0.3) is 0 Å². The van der Waals surface area contributed by atoms with E-state index in [2.05, 4.69) is 5.32 Å². The molecule has 0 saturated carbocycles. The van der Waals surface area contributed by atoms with Crippen LogP contribution in [0.15, 0.2) is 0 Å². The lowest BCUT2D eigenvalue weighted by atomic mass is 10.0. The van der Waals surface area contributed by atoms with Crippen molar-refractivity contribution in [3.05, 3.63) is 0 Å². The van der Waals surface area contributed by atoms with Crippen LogP contribution in [0.5, 0.6) is 0 Å². The average molecular weight is 247 g/mol. The molecule has 0 aliphatic heterocycles. The van der Waals surface area contributed by atoms with Crippen LogP contribution in [-0.4, -0.2) is 49.6 Å². The van der Waals surface area contributed by atoms with E-state index in [1.54, 1.807) is 6.92 Å². The summed E-state index contributed by atoms with van der Waals surface area (Å²) >= 11 is 0. The van der Waals surface area contributed by atoms with Crippen LogP contribution in [-0.2, 0) is 14.3 Å². The van der Waals surface area contributed by atoms with Crippen LogP contribution < -0.4 is 5.32 Å². The maximum Gasteiger partial charge on any atom is 0.326 e. The molecule has 0 rings (SSSR count). The molecule has 0 fully saturated rings. The lowest BCUT2D eigenvalue weighted by Crippen LogP contribution is -2.53. The molecular formula is C12H25NO4. The van der Waals surface area contributed by atoms with Gasteiger partial charge < -0.3 is 19.9 Å². The summed E-state index contributed by atoms with van der Waals surface area (Å²) < 4.78 is 10.6. The Morgan fingerprint density at radius 1 is 1.18 bits per heavy atom. The van der Waals surface area contributed by atoms with Gasteiger partial charge in [0, 0.05) is 6.61 Å². The van der Waals surface area contributed by atoms with Gasteiger partial charge in [0.05, 0.1) is 19.8 Å². The van der Waals surface area contributed by atoms with E-state index in [0.717, 1.165) is 12.8 Å². The quantitative estimate of drug-likeness (QED) is 0.538. The van der Waals surface area contributed by atoms with Gasteiger partial charge in [0.15, 0.2) is 0 Å². The Kier molecular flexibility index (Phi) is 9.03. The summed E-state index contributed by atoms with van der Waals surface area (Å²) in [6.07, 6.45) is 1.87. The first kappa shape index (κ1) is 16.4. The van der Waals surface area contributed by atoms with E-state index in [0.29, 0.717) is 26.4 Å². The largest absolute Gasteiger partial charge is 0.480 e. The van der Waals surface area contributed by atoms with Crippen LogP contribution in [0.1, 0.15) is 33.6 Å². The van der Waals surface area contributed by atoms with Crippen molar-refractivity contribution in [2.45, 2.75) is 39.2 Å². The molecule has 0 amide bonds. The zero-order chi connectivity index (χ0) is 13.1. The molecule has 0 spiro atoms. The molecule has 17 heavy (non-hydrogen) atoms. The van der Waals surface area contributed by atoms with Gasteiger partial charge in [0.25, 0.3) is 0 Å². The van der Waals surface area contributed by atoms with Crippen molar-refractivity contribution in [3.8, 4) is 0 Å². The highest BCUT2D eigenvalue weighted by atomic mass is 16.5. The molecule has 5 heteroatoms. The number of carboxylic acids is 1. The number of ether oxygens (including phenoxy) is 2. The first-order valence-electron chi connectivity index (χ1n) is 6.20. The van der Waals surface area contributed by atoms with Gasteiger partial charge in [-0.3, -0.25) is 4.79 Å². The topological polar surface area (TPSA) is 67.8 Å². The molecule has 0 aromatic rings. The van der Waals surface area contributed by atoms with Crippen molar-refractivity contribution < 1.29 is 19.4 Å². The maximum atomic E-state index is 11.1. The standard InChI is InChI=1S/C12H25NO4/c1-4-6-13-12(3,11(14)15)10-17-9-8-16-7-5-2/h13H,4-10H2,1-3H3,(H,14,15). The van der Waals surface area contributed by atoms with Crippen LogP contribution >= 0.6 is 0 Å². The van der Waals surface area contributed by atoms with Gasteiger partial charge in [-0.15, -0.1) is 0 Å². The van der Waals surface area contributed by atoms with Gasteiger partial charge >= 0.3 is 5.97 Å². The van der Waals surface area contributed by atoms with Crippen molar-refractivity contribution in [2.24, 2.45) is 0 Å². The Bertz CT molecular complexity index is 211. The number of nitrogens with one attached hydrogen (secondary N) is 1. The molecule has 0 bridgehead atoms. The molecule has 0 radical (unpaired) electrons. The summed E-state index contributed by atoms with van der Waals surface area (Å²) in [6.45, 7) is 8.14. The normalized spacial score (nSPS) is 14.5. The van der Waals surface area contributed by atoms with Crippen molar-refractivity contribution in [3.63, 3.8) is 0 Å². The second-order valence-electron chi connectivity index (χ2n) is 4.23. The first-order valence-corrected chi connectivity index (χ1v) is 6.20. The summed E-state index contributed by atoms with van der Waals surface area (Å²) in [5.41, 5.74) is -1.01. The molecule has 1 atom stereocenters. The Balaban J connectivity index is 3.81. The number of hydrogen-bond donors (Lipinski definition) is 2. The number of carboxylic acid groups (broad SMARTS) is 1. The third kappa shape index (κ3) is 7.31. The monoisotopic (exact) mass is 247 g/mol. The Morgan fingerprint density at radius 3 is 2.35 bits per heavy atom. The van der Waals surface area contributed by atoms with Crippen LogP contribution in [0.4, 0.5) is 0 Å². The van der Waals surface area contributed by atoms with Gasteiger partial charge in [0.2, 0.25) is 0 Å². The van der Waals surface area contributed by atoms with E-state index in [1.807, 2.05) is 13.8 Å². The molecular weight excluding hydrogens is 222 g/mol. The Hall–Kier alpha value is -0.650. The molecule has 5 nitrogen and oxygen atoms in total. The summed E-state index contributed by atoms with van der Waals surface area (Å²) in [5.74, 6) is -0.888. The van der Waals surface area contributed by atoms with Gasteiger partial charge in [-0.25, -0.2) is 0 Å². The van der Waals surface area contributed by atoms with Crippen molar-refractivity contribution in [2.75, 3.05) is 33.0 Å². The molecule has 102 valence electrons. The van der Waals surface area contributed by atoms with Crippen LogP contribution in [0.2, 0.25) is 0 Å². The SMILES string of the molecule is CCCNC(C)(COCCOCCC)C(=O)O. The highest BCUT2D eigenvalue weighted by molar-refractivity contribution is 5.78. The predicted octanol–water partition coefficient (Wildman–Crippen LogP) is 1.27. The zero-order valence-corrected chi connectivity index (χ0v) is 11.1. The fraction of sp³-hybridized carbons (Fsp3) is 0.917. The highest BCUT2D eigenvalue weighted by Crippen LogP contribution is 2.05. The maximum absolute atomic E-state index is 11.1.